The lowest BCUT2D eigenvalue weighted by Gasteiger charge is -2.17. The van der Waals surface area contributed by atoms with Crippen molar-refractivity contribution in [2.24, 2.45) is 0 Å². The number of amides is 1. The number of halogens is 1. The molecule has 1 amide bonds. The van der Waals surface area contributed by atoms with Gasteiger partial charge in [0.2, 0.25) is 15.9 Å². The number of hydrogen-bond donors (Lipinski definition) is 1. The molecule has 0 fully saturated rings. The summed E-state index contributed by atoms with van der Waals surface area (Å²) in [6.45, 7) is 0.218. The molecule has 28 heavy (non-hydrogen) atoms. The van der Waals surface area contributed by atoms with Crippen LogP contribution < -0.4 is 10.1 Å². The molecule has 8 heteroatoms. The van der Waals surface area contributed by atoms with E-state index in [0.29, 0.717) is 18.7 Å². The van der Waals surface area contributed by atoms with Crippen LogP contribution in [0, 0.1) is 18.2 Å². The van der Waals surface area contributed by atoms with Crippen LogP contribution in [0.4, 0.5) is 4.39 Å². The Labute approximate surface area is 164 Å². The summed E-state index contributed by atoms with van der Waals surface area (Å²) in [4.78, 5) is 12.0. The van der Waals surface area contributed by atoms with Crippen LogP contribution in [-0.2, 0) is 21.2 Å². The van der Waals surface area contributed by atoms with Crippen LogP contribution in [0.2, 0.25) is 0 Å². The van der Waals surface area contributed by atoms with Crippen molar-refractivity contribution in [1.82, 2.24) is 9.62 Å². The number of hydrogen-bond acceptors (Lipinski definition) is 4. The molecule has 2 rings (SSSR count). The minimum atomic E-state index is -3.86. The summed E-state index contributed by atoms with van der Waals surface area (Å²) in [5, 5.41) is 2.68. The maximum Gasteiger partial charge on any atom is 0.243 e. The number of nitrogens with zero attached hydrogens (tertiary/aromatic N) is 1. The zero-order valence-corrected chi connectivity index (χ0v) is 16.2. The second-order valence-corrected chi connectivity index (χ2v) is 8.00. The van der Waals surface area contributed by atoms with E-state index in [4.69, 9.17) is 11.2 Å². The summed E-state index contributed by atoms with van der Waals surface area (Å²) in [7, 11) is -2.56. The first-order valence-electron chi connectivity index (χ1n) is 8.47. The van der Waals surface area contributed by atoms with Gasteiger partial charge >= 0.3 is 0 Å². The molecule has 0 spiro atoms. The highest BCUT2D eigenvalue weighted by atomic mass is 32.2. The molecule has 0 unspecified atom stereocenters. The van der Waals surface area contributed by atoms with Gasteiger partial charge in [-0.2, -0.15) is 4.31 Å². The molecule has 0 heterocycles. The highest BCUT2D eigenvalue weighted by molar-refractivity contribution is 7.89. The fourth-order valence-corrected chi connectivity index (χ4v) is 3.48. The van der Waals surface area contributed by atoms with E-state index in [2.05, 4.69) is 11.2 Å². The summed E-state index contributed by atoms with van der Waals surface area (Å²) in [5.41, 5.74) is 0.987. The second kappa shape index (κ2) is 9.88. The van der Waals surface area contributed by atoms with E-state index in [1.807, 2.05) is 12.1 Å². The first-order chi connectivity index (χ1) is 13.3. The lowest BCUT2D eigenvalue weighted by molar-refractivity contribution is -0.121. The van der Waals surface area contributed by atoms with Crippen molar-refractivity contribution in [2.45, 2.75) is 11.3 Å². The van der Waals surface area contributed by atoms with Gasteiger partial charge in [-0.1, -0.05) is 18.1 Å². The first kappa shape index (κ1) is 21.4. The highest BCUT2D eigenvalue weighted by Gasteiger charge is 2.22. The molecule has 0 aliphatic rings. The molecule has 148 valence electrons. The molecule has 0 radical (unpaired) electrons. The Kier molecular flexibility index (Phi) is 7.55. The smallest absolute Gasteiger partial charge is 0.243 e. The molecule has 0 aliphatic heterocycles. The van der Waals surface area contributed by atoms with E-state index in [-0.39, 0.29) is 18.0 Å². The minimum absolute atomic E-state index is 0.0728. The summed E-state index contributed by atoms with van der Waals surface area (Å²) >= 11 is 0. The standard InChI is InChI=1S/C20H21FN2O4S/c1-3-14-27-18-8-4-16(5-9-18)12-13-22-20(24)15-23(2)28(25,26)19-10-6-17(21)7-11-19/h1,4-11H,12-15H2,2H3,(H,22,24). The van der Waals surface area contributed by atoms with E-state index in [0.717, 1.165) is 34.1 Å². The Balaban J connectivity index is 1.81. The predicted molar refractivity (Wildman–Crippen MR) is 104 cm³/mol. The van der Waals surface area contributed by atoms with E-state index < -0.39 is 21.7 Å². The van der Waals surface area contributed by atoms with Gasteiger partial charge in [0, 0.05) is 13.6 Å². The molecular formula is C20H21FN2O4S. The van der Waals surface area contributed by atoms with Gasteiger partial charge in [-0.25, -0.2) is 12.8 Å². The molecule has 0 saturated carbocycles. The Bertz CT molecular complexity index is 936. The second-order valence-electron chi connectivity index (χ2n) is 5.95. The van der Waals surface area contributed by atoms with Gasteiger partial charge in [0.05, 0.1) is 11.4 Å². The topological polar surface area (TPSA) is 75.7 Å². The number of carbonyl (C=O) groups is 1. The van der Waals surface area contributed by atoms with Crippen molar-refractivity contribution >= 4 is 15.9 Å². The molecule has 6 nitrogen and oxygen atoms in total. The van der Waals surface area contributed by atoms with Gasteiger partial charge in [-0.15, -0.1) is 6.42 Å². The average Bonchev–Trinajstić information content (AvgIpc) is 2.67. The lowest BCUT2D eigenvalue weighted by atomic mass is 10.1. The van der Waals surface area contributed by atoms with Gasteiger partial charge in [0.15, 0.2) is 0 Å². The molecule has 2 aromatic rings. The first-order valence-corrected chi connectivity index (χ1v) is 9.91. The number of terminal acetylenes is 1. The molecular weight excluding hydrogens is 383 g/mol. The van der Waals surface area contributed by atoms with E-state index >= 15 is 0 Å². The molecule has 0 aliphatic carbocycles. The van der Waals surface area contributed by atoms with Crippen LogP contribution >= 0.6 is 0 Å². The van der Waals surface area contributed by atoms with Crippen molar-refractivity contribution < 1.29 is 22.3 Å². The molecule has 0 bridgehead atoms. The number of nitrogens with one attached hydrogen (secondary N) is 1. The van der Waals surface area contributed by atoms with Crippen molar-refractivity contribution in [3.05, 3.63) is 59.9 Å². The van der Waals surface area contributed by atoms with Crippen LogP contribution in [0.15, 0.2) is 53.4 Å². The molecule has 0 atom stereocenters. The lowest BCUT2D eigenvalue weighted by Crippen LogP contribution is -2.39. The third-order valence-electron chi connectivity index (χ3n) is 3.87. The predicted octanol–water partition coefficient (Wildman–Crippen LogP) is 1.82. The van der Waals surface area contributed by atoms with E-state index in [1.165, 1.54) is 7.05 Å². The number of rotatable bonds is 9. The Hall–Kier alpha value is -2.89. The SMILES string of the molecule is C#CCOc1ccc(CCNC(=O)CN(C)S(=O)(=O)c2ccc(F)cc2)cc1. The third kappa shape index (κ3) is 6.08. The van der Waals surface area contributed by atoms with Gasteiger partial charge in [0.1, 0.15) is 18.2 Å². The maximum atomic E-state index is 13.0. The number of ether oxygens (including phenoxy) is 1. The van der Waals surface area contributed by atoms with Crippen LogP contribution in [0.5, 0.6) is 5.75 Å². The maximum absolute atomic E-state index is 13.0. The third-order valence-corrected chi connectivity index (χ3v) is 5.69. The summed E-state index contributed by atoms with van der Waals surface area (Å²) < 4.78 is 43.9. The summed E-state index contributed by atoms with van der Waals surface area (Å²) in [6, 6.07) is 11.8. The fourth-order valence-electron chi connectivity index (χ4n) is 2.35. The van der Waals surface area contributed by atoms with Gasteiger partial charge in [0.25, 0.3) is 0 Å². The molecule has 0 aromatic heterocycles. The van der Waals surface area contributed by atoms with Crippen LogP contribution in [0.3, 0.4) is 0 Å². The Morgan fingerprint density at radius 2 is 1.82 bits per heavy atom. The number of carbonyl (C=O) groups excluding carboxylic acids is 1. The highest BCUT2D eigenvalue weighted by Crippen LogP contribution is 2.14. The van der Waals surface area contributed by atoms with Gasteiger partial charge in [-0.3, -0.25) is 4.79 Å². The van der Waals surface area contributed by atoms with Crippen LogP contribution in [-0.4, -0.2) is 45.4 Å². The summed E-state index contributed by atoms with van der Waals surface area (Å²) in [6.07, 6.45) is 5.71. The zero-order chi connectivity index (χ0) is 20.6. The summed E-state index contributed by atoms with van der Waals surface area (Å²) in [5.74, 6) is 2.09. The monoisotopic (exact) mass is 404 g/mol. The Morgan fingerprint density at radius 3 is 2.43 bits per heavy atom. The molecule has 0 saturated heterocycles. The van der Waals surface area contributed by atoms with Crippen molar-refractivity contribution in [3.8, 4) is 18.1 Å². The Morgan fingerprint density at radius 1 is 1.18 bits per heavy atom. The largest absolute Gasteiger partial charge is 0.481 e. The molecule has 2 aromatic carbocycles. The fraction of sp³-hybridized carbons (Fsp3) is 0.250. The quantitative estimate of drug-likeness (QED) is 0.647. The van der Waals surface area contributed by atoms with E-state index in [1.54, 1.807) is 12.1 Å². The van der Waals surface area contributed by atoms with Gasteiger partial charge in [-0.05, 0) is 48.4 Å². The van der Waals surface area contributed by atoms with Gasteiger partial charge < -0.3 is 10.1 Å². The van der Waals surface area contributed by atoms with E-state index in [9.17, 15) is 17.6 Å². The average molecular weight is 404 g/mol. The normalized spacial score (nSPS) is 11.1. The number of sulfonamides is 1. The zero-order valence-electron chi connectivity index (χ0n) is 15.4. The number of likely N-dealkylation sites (N-methyl/N-ethyl adjacent to an activating group) is 1. The van der Waals surface area contributed by atoms with Crippen LogP contribution in [0.25, 0.3) is 0 Å². The van der Waals surface area contributed by atoms with Crippen molar-refractivity contribution in [1.29, 1.82) is 0 Å². The number of benzene rings is 2. The molecule has 1 N–H and O–H groups in total. The van der Waals surface area contributed by atoms with Crippen molar-refractivity contribution in [2.75, 3.05) is 26.7 Å². The van der Waals surface area contributed by atoms with Crippen LogP contribution in [0.1, 0.15) is 5.56 Å². The van der Waals surface area contributed by atoms with Crippen molar-refractivity contribution in [3.63, 3.8) is 0 Å². The minimum Gasteiger partial charge on any atom is -0.481 e.